The zero-order valence-corrected chi connectivity index (χ0v) is 9.70. The van der Waals surface area contributed by atoms with E-state index < -0.39 is 0 Å². The Bertz CT molecular complexity index is 563. The van der Waals surface area contributed by atoms with Crippen molar-refractivity contribution >= 4 is 5.69 Å². The average molecular weight is 231 g/mol. The number of nitrogens with zero attached hydrogens (tertiary/aromatic N) is 1. The first-order valence-electron chi connectivity index (χ1n) is 5.36. The van der Waals surface area contributed by atoms with Crippen molar-refractivity contribution in [3.8, 4) is 22.8 Å². The molecule has 5 heteroatoms. The fourth-order valence-electron chi connectivity index (χ4n) is 2.11. The molecule has 2 aromatic rings. The highest BCUT2D eigenvalue weighted by molar-refractivity contribution is 5.85. The second-order valence-electron chi connectivity index (χ2n) is 3.88. The number of methoxy groups -OCH3 is 2. The van der Waals surface area contributed by atoms with Crippen molar-refractivity contribution in [3.05, 3.63) is 23.9 Å². The quantitative estimate of drug-likeness (QED) is 0.830. The van der Waals surface area contributed by atoms with Crippen LogP contribution in [0.4, 0.5) is 5.69 Å². The lowest BCUT2D eigenvalue weighted by Crippen LogP contribution is -2.09. The van der Waals surface area contributed by atoms with Crippen LogP contribution < -0.4 is 14.8 Å². The molecule has 0 amide bonds. The fourth-order valence-corrected chi connectivity index (χ4v) is 2.11. The van der Waals surface area contributed by atoms with E-state index in [1.54, 1.807) is 14.2 Å². The average Bonchev–Trinajstić information content (AvgIpc) is 2.85. The summed E-state index contributed by atoms with van der Waals surface area (Å²) >= 11 is 0. The van der Waals surface area contributed by atoms with Crippen LogP contribution in [0.2, 0.25) is 0 Å². The molecule has 2 N–H and O–H groups in total. The molecule has 0 bridgehead atoms. The molecule has 0 spiro atoms. The zero-order valence-electron chi connectivity index (χ0n) is 9.70. The van der Waals surface area contributed by atoms with Crippen LogP contribution in [0, 0.1) is 0 Å². The molecule has 5 nitrogen and oxygen atoms in total. The van der Waals surface area contributed by atoms with Crippen molar-refractivity contribution in [3.63, 3.8) is 0 Å². The second-order valence-corrected chi connectivity index (χ2v) is 3.88. The Morgan fingerprint density at radius 3 is 2.88 bits per heavy atom. The summed E-state index contributed by atoms with van der Waals surface area (Å²) in [6.07, 6.45) is 1.83. The first-order valence-corrected chi connectivity index (χ1v) is 5.36. The van der Waals surface area contributed by atoms with E-state index in [9.17, 15) is 0 Å². The van der Waals surface area contributed by atoms with Gasteiger partial charge in [0, 0.05) is 23.7 Å². The molecule has 1 aromatic carbocycles. The van der Waals surface area contributed by atoms with Crippen LogP contribution in [0.5, 0.6) is 11.5 Å². The van der Waals surface area contributed by atoms with E-state index in [1.165, 1.54) is 0 Å². The minimum absolute atomic E-state index is 0.752. The number of nitrogens with one attached hydrogen (secondary N) is 2. The lowest BCUT2D eigenvalue weighted by molar-refractivity contribution is 0.395. The first-order chi connectivity index (χ1) is 8.33. The number of hydrogen-bond donors (Lipinski definition) is 2. The van der Waals surface area contributed by atoms with Crippen LogP contribution in [0.1, 0.15) is 5.56 Å². The van der Waals surface area contributed by atoms with Crippen molar-refractivity contribution in [1.82, 2.24) is 10.2 Å². The van der Waals surface area contributed by atoms with Gasteiger partial charge in [-0.2, -0.15) is 5.10 Å². The van der Waals surface area contributed by atoms with Crippen LogP contribution in [-0.2, 0) is 6.54 Å². The van der Waals surface area contributed by atoms with Crippen LogP contribution in [-0.4, -0.2) is 24.4 Å². The maximum absolute atomic E-state index is 5.37. The Balaban J connectivity index is 2.25. The van der Waals surface area contributed by atoms with Crippen LogP contribution in [0.15, 0.2) is 18.3 Å². The van der Waals surface area contributed by atoms with Gasteiger partial charge in [-0.15, -0.1) is 0 Å². The Hall–Kier alpha value is -2.17. The van der Waals surface area contributed by atoms with Gasteiger partial charge in [0.05, 0.1) is 31.8 Å². The molecule has 0 saturated heterocycles. The van der Waals surface area contributed by atoms with Gasteiger partial charge in [0.15, 0.2) is 0 Å². The topological polar surface area (TPSA) is 59.2 Å². The van der Waals surface area contributed by atoms with E-state index >= 15 is 0 Å². The van der Waals surface area contributed by atoms with Gasteiger partial charge in [-0.25, -0.2) is 0 Å². The highest BCUT2D eigenvalue weighted by Crippen LogP contribution is 2.42. The van der Waals surface area contributed by atoms with E-state index in [2.05, 4.69) is 15.5 Å². The Labute approximate surface area is 98.8 Å². The summed E-state index contributed by atoms with van der Waals surface area (Å²) in [6.45, 7) is 0.752. The Morgan fingerprint density at radius 2 is 2.12 bits per heavy atom. The summed E-state index contributed by atoms with van der Waals surface area (Å²) in [4.78, 5) is 0. The van der Waals surface area contributed by atoms with Crippen LogP contribution >= 0.6 is 0 Å². The smallest absolute Gasteiger partial charge is 0.146 e. The number of rotatable bonds is 2. The monoisotopic (exact) mass is 231 g/mol. The number of fused-ring (bicyclic) bond motifs is 3. The summed E-state index contributed by atoms with van der Waals surface area (Å²) < 4.78 is 10.6. The van der Waals surface area contributed by atoms with Crippen LogP contribution in [0.25, 0.3) is 11.3 Å². The molecule has 0 radical (unpaired) electrons. The Morgan fingerprint density at radius 1 is 1.24 bits per heavy atom. The first kappa shape index (κ1) is 10.0. The highest BCUT2D eigenvalue weighted by Gasteiger charge is 2.21. The van der Waals surface area contributed by atoms with Crippen LogP contribution in [0.3, 0.4) is 0 Å². The zero-order chi connectivity index (χ0) is 11.8. The number of anilines is 1. The SMILES string of the molecule is COc1cc(OC)c2c(c1)-c1[nH]ncc1CN2. The third-order valence-electron chi connectivity index (χ3n) is 2.97. The van der Waals surface area contributed by atoms with E-state index in [0.29, 0.717) is 0 Å². The lowest BCUT2D eigenvalue weighted by Gasteiger charge is -2.21. The molecule has 0 fully saturated rings. The van der Waals surface area contributed by atoms with E-state index in [0.717, 1.165) is 40.6 Å². The van der Waals surface area contributed by atoms with E-state index in [-0.39, 0.29) is 0 Å². The number of aromatic nitrogens is 2. The van der Waals surface area contributed by atoms with Gasteiger partial charge in [0.2, 0.25) is 0 Å². The third kappa shape index (κ3) is 1.43. The standard InChI is InChI=1S/C12H13N3O2/c1-16-8-3-9-11-7(6-14-15-11)5-13-12(9)10(4-8)17-2/h3-4,6,13H,5H2,1-2H3,(H,14,15). The van der Waals surface area contributed by atoms with Gasteiger partial charge in [-0.3, -0.25) is 5.10 Å². The van der Waals surface area contributed by atoms with Gasteiger partial charge >= 0.3 is 0 Å². The summed E-state index contributed by atoms with van der Waals surface area (Å²) in [7, 11) is 3.30. The Kier molecular flexibility index (Phi) is 2.18. The number of hydrogen-bond acceptors (Lipinski definition) is 4. The van der Waals surface area contributed by atoms with Gasteiger partial charge in [-0.05, 0) is 6.07 Å². The molecule has 1 aliphatic rings. The molecule has 0 unspecified atom stereocenters. The molecular formula is C12H13N3O2. The lowest BCUT2D eigenvalue weighted by atomic mass is 10.0. The largest absolute Gasteiger partial charge is 0.497 e. The van der Waals surface area contributed by atoms with Crippen molar-refractivity contribution in [2.24, 2.45) is 0 Å². The second kappa shape index (κ2) is 3.69. The predicted molar refractivity (Wildman–Crippen MR) is 64.5 cm³/mol. The molecule has 1 aromatic heterocycles. The van der Waals surface area contributed by atoms with Gasteiger partial charge in [0.1, 0.15) is 11.5 Å². The fraction of sp³-hybridized carbons (Fsp3) is 0.250. The summed E-state index contributed by atoms with van der Waals surface area (Å²) in [5, 5.41) is 10.4. The van der Waals surface area contributed by atoms with Crippen molar-refractivity contribution in [2.45, 2.75) is 6.54 Å². The third-order valence-corrected chi connectivity index (χ3v) is 2.97. The molecule has 3 rings (SSSR count). The summed E-state index contributed by atoms with van der Waals surface area (Å²) in [5.74, 6) is 1.55. The van der Waals surface area contributed by atoms with E-state index in [4.69, 9.17) is 9.47 Å². The molecule has 88 valence electrons. The van der Waals surface area contributed by atoms with Crippen molar-refractivity contribution < 1.29 is 9.47 Å². The van der Waals surface area contributed by atoms with Gasteiger partial charge < -0.3 is 14.8 Å². The predicted octanol–water partition coefficient (Wildman–Crippen LogP) is 2.02. The van der Waals surface area contributed by atoms with Crippen molar-refractivity contribution in [2.75, 3.05) is 19.5 Å². The number of H-pyrrole nitrogens is 1. The molecule has 1 aliphatic heterocycles. The molecule has 17 heavy (non-hydrogen) atoms. The molecule has 0 aliphatic carbocycles. The maximum Gasteiger partial charge on any atom is 0.146 e. The molecule has 0 atom stereocenters. The number of benzene rings is 1. The van der Waals surface area contributed by atoms with Gasteiger partial charge in [0.25, 0.3) is 0 Å². The highest BCUT2D eigenvalue weighted by atomic mass is 16.5. The minimum atomic E-state index is 0.752. The summed E-state index contributed by atoms with van der Waals surface area (Å²) in [5.41, 5.74) is 4.17. The molecular weight excluding hydrogens is 218 g/mol. The normalized spacial score (nSPS) is 12.4. The van der Waals surface area contributed by atoms with Crippen molar-refractivity contribution in [1.29, 1.82) is 0 Å². The van der Waals surface area contributed by atoms with E-state index in [1.807, 2.05) is 18.3 Å². The number of aromatic amines is 1. The van der Waals surface area contributed by atoms with Gasteiger partial charge in [-0.1, -0.05) is 0 Å². The minimum Gasteiger partial charge on any atom is -0.497 e. The maximum atomic E-state index is 5.37. The summed E-state index contributed by atoms with van der Waals surface area (Å²) in [6, 6.07) is 3.84. The number of ether oxygens (including phenoxy) is 2. The molecule has 2 heterocycles. The molecule has 0 saturated carbocycles.